The van der Waals surface area contributed by atoms with Gasteiger partial charge in [-0.15, -0.1) is 0 Å². The smallest absolute Gasteiger partial charge is 0.123 e. The van der Waals surface area contributed by atoms with Crippen molar-refractivity contribution in [2.75, 3.05) is 6.61 Å². The van der Waals surface area contributed by atoms with Gasteiger partial charge in [0.2, 0.25) is 0 Å². The zero-order valence-electron chi connectivity index (χ0n) is 23.1. The van der Waals surface area contributed by atoms with Gasteiger partial charge in [-0.05, 0) is 64.9 Å². The standard InChI is InChI=1S/C36H37ClO3/c1-2-27-13-15-28(16-14-27)19-32-22-33(37)17-18-36(32)40-35-21-31(25-38-24-29-9-5-3-6-10-29)20-34(23-35)39-26-30-11-7-4-8-12-30/h3-18,21-22,34-35H,2,19-20,23-26H2,1H3. The summed E-state index contributed by atoms with van der Waals surface area (Å²) in [6.45, 7) is 3.89. The number of ether oxygens (including phenoxy) is 3. The lowest BCUT2D eigenvalue weighted by molar-refractivity contribution is 0.00762. The van der Waals surface area contributed by atoms with Crippen LogP contribution in [0.25, 0.3) is 0 Å². The summed E-state index contributed by atoms with van der Waals surface area (Å²) in [6.07, 6.45) is 5.56. The minimum atomic E-state index is -0.118. The van der Waals surface area contributed by atoms with Crippen molar-refractivity contribution in [2.45, 2.75) is 58.0 Å². The Hall–Kier alpha value is -3.37. The Balaban J connectivity index is 1.30. The molecule has 0 bridgehead atoms. The van der Waals surface area contributed by atoms with E-state index in [-0.39, 0.29) is 12.2 Å². The van der Waals surface area contributed by atoms with E-state index in [2.05, 4.69) is 61.5 Å². The van der Waals surface area contributed by atoms with Crippen LogP contribution >= 0.6 is 11.6 Å². The lowest BCUT2D eigenvalue weighted by Crippen LogP contribution is -2.30. The van der Waals surface area contributed by atoms with Crippen molar-refractivity contribution in [3.8, 4) is 5.75 Å². The number of hydrogen-bond donors (Lipinski definition) is 0. The predicted octanol–water partition coefficient (Wildman–Crippen LogP) is 8.76. The van der Waals surface area contributed by atoms with Gasteiger partial charge in [-0.2, -0.15) is 0 Å². The number of aryl methyl sites for hydroxylation is 1. The first-order chi connectivity index (χ1) is 19.6. The maximum Gasteiger partial charge on any atom is 0.123 e. The van der Waals surface area contributed by atoms with Gasteiger partial charge in [-0.1, -0.05) is 103 Å². The molecule has 0 aromatic heterocycles. The second-order valence-corrected chi connectivity index (χ2v) is 10.9. The molecule has 0 spiro atoms. The molecule has 0 heterocycles. The first-order valence-electron chi connectivity index (χ1n) is 14.1. The number of halogens is 1. The average molecular weight is 553 g/mol. The van der Waals surface area contributed by atoms with Crippen molar-refractivity contribution in [1.82, 2.24) is 0 Å². The highest BCUT2D eigenvalue weighted by Gasteiger charge is 2.25. The van der Waals surface area contributed by atoms with Crippen LogP contribution in [-0.2, 0) is 35.5 Å². The molecule has 4 aromatic rings. The summed E-state index contributed by atoms with van der Waals surface area (Å²) >= 11 is 6.42. The molecule has 4 aromatic carbocycles. The van der Waals surface area contributed by atoms with E-state index in [0.717, 1.165) is 37.0 Å². The van der Waals surface area contributed by atoms with E-state index in [0.29, 0.717) is 24.8 Å². The zero-order chi connectivity index (χ0) is 27.6. The molecule has 0 saturated carbocycles. The lowest BCUT2D eigenvalue weighted by Gasteiger charge is -2.30. The highest BCUT2D eigenvalue weighted by molar-refractivity contribution is 6.30. The second kappa shape index (κ2) is 14.3. The van der Waals surface area contributed by atoms with E-state index in [1.54, 1.807) is 0 Å². The summed E-state index contributed by atoms with van der Waals surface area (Å²) in [5.41, 5.74) is 7.20. The normalized spacial score (nSPS) is 16.9. The number of hydrogen-bond acceptors (Lipinski definition) is 3. The van der Waals surface area contributed by atoms with Gasteiger partial charge >= 0.3 is 0 Å². The van der Waals surface area contributed by atoms with E-state index >= 15 is 0 Å². The summed E-state index contributed by atoms with van der Waals surface area (Å²) < 4.78 is 19.2. The van der Waals surface area contributed by atoms with Crippen molar-refractivity contribution in [3.05, 3.63) is 148 Å². The third-order valence-corrected chi connectivity index (χ3v) is 7.50. The Morgan fingerprint density at radius 3 is 2.10 bits per heavy atom. The van der Waals surface area contributed by atoms with Crippen molar-refractivity contribution in [3.63, 3.8) is 0 Å². The van der Waals surface area contributed by atoms with Crippen LogP contribution in [0.5, 0.6) is 5.75 Å². The van der Waals surface area contributed by atoms with Gasteiger partial charge in [0.1, 0.15) is 11.9 Å². The maximum atomic E-state index is 6.67. The highest BCUT2D eigenvalue weighted by Crippen LogP contribution is 2.31. The predicted molar refractivity (Wildman–Crippen MR) is 163 cm³/mol. The summed E-state index contributed by atoms with van der Waals surface area (Å²) in [5.74, 6) is 0.860. The maximum absolute atomic E-state index is 6.67. The third kappa shape index (κ3) is 8.32. The van der Waals surface area contributed by atoms with E-state index in [1.807, 2.05) is 54.6 Å². The lowest BCUT2D eigenvalue weighted by atomic mass is 9.94. The zero-order valence-corrected chi connectivity index (χ0v) is 23.9. The molecule has 0 saturated heterocycles. The molecule has 2 atom stereocenters. The topological polar surface area (TPSA) is 27.7 Å². The fraction of sp³-hybridized carbons (Fsp3) is 0.278. The molecule has 40 heavy (non-hydrogen) atoms. The van der Waals surface area contributed by atoms with Crippen LogP contribution < -0.4 is 4.74 Å². The van der Waals surface area contributed by atoms with Crippen LogP contribution in [0, 0.1) is 0 Å². The third-order valence-electron chi connectivity index (χ3n) is 7.26. The Bertz CT molecular complexity index is 1370. The van der Waals surface area contributed by atoms with Gasteiger partial charge in [-0.3, -0.25) is 0 Å². The fourth-order valence-corrected chi connectivity index (χ4v) is 5.28. The molecule has 4 heteroatoms. The molecule has 0 N–H and O–H groups in total. The molecule has 0 fully saturated rings. The molecule has 0 amide bonds. The molecule has 1 aliphatic rings. The number of benzene rings is 4. The van der Waals surface area contributed by atoms with Crippen molar-refractivity contribution < 1.29 is 14.2 Å². The van der Waals surface area contributed by atoms with Crippen molar-refractivity contribution in [1.29, 1.82) is 0 Å². The Morgan fingerprint density at radius 1 is 0.725 bits per heavy atom. The van der Waals surface area contributed by atoms with Crippen LogP contribution in [0.15, 0.2) is 115 Å². The quantitative estimate of drug-likeness (QED) is 0.164. The van der Waals surface area contributed by atoms with Crippen LogP contribution in [0.1, 0.15) is 47.6 Å². The van der Waals surface area contributed by atoms with Crippen molar-refractivity contribution in [2.24, 2.45) is 0 Å². The van der Waals surface area contributed by atoms with Crippen LogP contribution in [-0.4, -0.2) is 18.8 Å². The van der Waals surface area contributed by atoms with E-state index in [1.165, 1.54) is 27.8 Å². The fourth-order valence-electron chi connectivity index (χ4n) is 5.09. The van der Waals surface area contributed by atoms with E-state index in [4.69, 9.17) is 25.8 Å². The van der Waals surface area contributed by atoms with Crippen LogP contribution in [0.2, 0.25) is 5.02 Å². The number of rotatable bonds is 12. The van der Waals surface area contributed by atoms with Crippen molar-refractivity contribution >= 4 is 11.6 Å². The molecular weight excluding hydrogens is 516 g/mol. The summed E-state index contributed by atoms with van der Waals surface area (Å²) in [7, 11) is 0. The van der Waals surface area contributed by atoms with Gasteiger partial charge in [-0.25, -0.2) is 0 Å². The van der Waals surface area contributed by atoms with E-state index < -0.39 is 0 Å². The summed E-state index contributed by atoms with van der Waals surface area (Å²) in [6, 6.07) is 35.3. The second-order valence-electron chi connectivity index (χ2n) is 10.4. The molecule has 1 aliphatic carbocycles. The van der Waals surface area contributed by atoms with Gasteiger partial charge in [0.05, 0.1) is 25.9 Å². The first kappa shape index (κ1) is 28.2. The Labute approximate surface area is 243 Å². The van der Waals surface area contributed by atoms with Gasteiger partial charge in [0, 0.05) is 23.4 Å². The molecule has 206 valence electrons. The molecule has 3 nitrogen and oxygen atoms in total. The molecule has 2 unspecified atom stereocenters. The summed E-state index contributed by atoms with van der Waals surface area (Å²) in [4.78, 5) is 0. The van der Waals surface area contributed by atoms with E-state index in [9.17, 15) is 0 Å². The van der Waals surface area contributed by atoms with Gasteiger partial charge in [0.15, 0.2) is 0 Å². The first-order valence-corrected chi connectivity index (χ1v) is 14.5. The summed E-state index contributed by atoms with van der Waals surface area (Å²) in [5, 5.41) is 0.714. The molecular formula is C36H37ClO3. The SMILES string of the molecule is CCc1ccc(Cc2cc(Cl)ccc2OC2C=C(COCc3ccccc3)CC(OCc3ccccc3)C2)cc1. The van der Waals surface area contributed by atoms with Crippen LogP contribution in [0.3, 0.4) is 0 Å². The monoisotopic (exact) mass is 552 g/mol. The van der Waals surface area contributed by atoms with Gasteiger partial charge < -0.3 is 14.2 Å². The largest absolute Gasteiger partial charge is 0.486 e. The minimum absolute atomic E-state index is 0.0443. The van der Waals surface area contributed by atoms with Crippen LogP contribution in [0.4, 0.5) is 0 Å². The molecule has 5 rings (SSSR count). The van der Waals surface area contributed by atoms with Gasteiger partial charge in [0.25, 0.3) is 0 Å². The minimum Gasteiger partial charge on any atom is -0.486 e. The Morgan fingerprint density at radius 2 is 1.40 bits per heavy atom. The Kier molecular flexibility index (Phi) is 10.1. The highest BCUT2D eigenvalue weighted by atomic mass is 35.5. The average Bonchev–Trinajstić information content (AvgIpc) is 2.99. The molecule has 0 radical (unpaired) electrons. The molecule has 0 aliphatic heterocycles.